The maximum atomic E-state index is 12.9. The molecule has 6 nitrogen and oxygen atoms in total. The predicted octanol–water partition coefficient (Wildman–Crippen LogP) is 4.94. The van der Waals surface area contributed by atoms with E-state index in [-0.39, 0.29) is 17.9 Å². The fourth-order valence-corrected chi connectivity index (χ4v) is 6.48. The minimum Gasteiger partial charge on any atom is -0.427 e. The topological polar surface area (TPSA) is 78.9 Å². The second-order valence-corrected chi connectivity index (χ2v) is 11.1. The van der Waals surface area contributed by atoms with E-state index in [4.69, 9.17) is 4.74 Å². The van der Waals surface area contributed by atoms with Crippen molar-refractivity contribution in [1.82, 2.24) is 10.2 Å². The molecule has 204 valence electrons. The predicted molar refractivity (Wildman–Crippen MR) is 150 cm³/mol. The number of hydrogen-bond donors (Lipinski definition) is 2. The first-order valence-corrected chi connectivity index (χ1v) is 14.0. The largest absolute Gasteiger partial charge is 0.427 e. The molecule has 2 aliphatic rings. The molecule has 1 aliphatic heterocycles. The van der Waals surface area contributed by atoms with Crippen LogP contribution in [0.4, 0.5) is 0 Å². The van der Waals surface area contributed by atoms with Crippen molar-refractivity contribution < 1.29 is 19.4 Å². The number of carbonyl (C=O) groups excluding carboxylic acids is 2. The van der Waals surface area contributed by atoms with Crippen LogP contribution in [0.1, 0.15) is 69.4 Å². The molecule has 1 amide bonds. The Morgan fingerprint density at radius 1 is 1.13 bits per heavy atom. The molecule has 1 heterocycles. The number of β-amino-alcohol motifs (C(OH)–C–C–N with tert-alkyl or cyclic N) is 1. The van der Waals surface area contributed by atoms with Gasteiger partial charge in [0.1, 0.15) is 5.75 Å². The van der Waals surface area contributed by atoms with Crippen LogP contribution < -0.4 is 10.1 Å². The van der Waals surface area contributed by atoms with Crippen LogP contribution >= 0.6 is 0 Å². The van der Waals surface area contributed by atoms with Crippen molar-refractivity contribution in [3.8, 4) is 5.75 Å². The Bertz CT molecular complexity index is 1100. The molecule has 6 heteroatoms. The van der Waals surface area contributed by atoms with E-state index >= 15 is 0 Å². The summed E-state index contributed by atoms with van der Waals surface area (Å²) in [4.78, 5) is 26.7. The molecule has 2 fully saturated rings. The third kappa shape index (κ3) is 6.72. The summed E-state index contributed by atoms with van der Waals surface area (Å²) in [6.45, 7) is 7.38. The zero-order chi connectivity index (χ0) is 27.0. The van der Waals surface area contributed by atoms with Gasteiger partial charge in [-0.15, -0.1) is 6.58 Å². The quantitative estimate of drug-likeness (QED) is 0.191. The van der Waals surface area contributed by atoms with Crippen molar-refractivity contribution in [2.45, 2.75) is 81.8 Å². The van der Waals surface area contributed by atoms with Crippen LogP contribution in [0, 0.1) is 0 Å². The highest BCUT2D eigenvalue weighted by atomic mass is 16.5. The number of fused-ring (bicyclic) bond motifs is 1. The van der Waals surface area contributed by atoms with E-state index < -0.39 is 11.0 Å². The van der Waals surface area contributed by atoms with Crippen LogP contribution in [0.5, 0.6) is 5.75 Å². The summed E-state index contributed by atoms with van der Waals surface area (Å²) in [6, 6.07) is 18.0. The smallest absolute Gasteiger partial charge is 0.308 e. The molecule has 2 aromatic rings. The Labute approximate surface area is 227 Å². The van der Waals surface area contributed by atoms with Gasteiger partial charge in [-0.05, 0) is 74.8 Å². The normalized spacial score (nSPS) is 25.3. The number of benzene rings is 2. The first-order chi connectivity index (χ1) is 18.3. The van der Waals surface area contributed by atoms with Crippen molar-refractivity contribution >= 4 is 11.9 Å². The average Bonchev–Trinajstić information content (AvgIpc) is 2.89. The van der Waals surface area contributed by atoms with Crippen LogP contribution in [0.2, 0.25) is 0 Å². The number of nitrogens with zero attached hydrogens (tertiary/aromatic N) is 1. The molecule has 2 N–H and O–H groups in total. The molecule has 2 aromatic carbocycles. The number of rotatable bonds is 11. The van der Waals surface area contributed by atoms with Crippen LogP contribution in [-0.2, 0) is 21.4 Å². The number of aliphatic hydroxyl groups is 1. The molecule has 0 radical (unpaired) electrons. The first-order valence-electron chi connectivity index (χ1n) is 14.0. The van der Waals surface area contributed by atoms with Crippen LogP contribution in [0.15, 0.2) is 67.3 Å². The molecular formula is C32H42N2O4. The number of piperidine rings is 1. The molecule has 3 atom stereocenters. The number of amides is 1. The zero-order valence-corrected chi connectivity index (χ0v) is 22.7. The number of aryl methyl sites for hydroxylation is 1. The number of hydrogen-bond acceptors (Lipinski definition) is 5. The maximum Gasteiger partial charge on any atom is 0.308 e. The molecular weight excluding hydrogens is 476 g/mol. The van der Waals surface area contributed by atoms with Crippen molar-refractivity contribution in [3.63, 3.8) is 0 Å². The van der Waals surface area contributed by atoms with Crippen LogP contribution in [-0.4, -0.2) is 53.2 Å². The molecule has 0 spiro atoms. The summed E-state index contributed by atoms with van der Waals surface area (Å²) in [5, 5.41) is 15.4. The fraction of sp³-hybridized carbons (Fsp3) is 0.500. The average molecular weight is 519 g/mol. The van der Waals surface area contributed by atoms with E-state index in [9.17, 15) is 14.7 Å². The molecule has 1 aliphatic carbocycles. The standard InChI is InChI=1S/C32H42N2O4/c1-3-20-34-21-19-31(27-14-10-15-29(22-27)38-25(2)35)23-28(17-18-32(31,37)24-34)33-30(36)16-9-5-8-13-26-11-6-4-7-12-26/h3-4,6-7,10-12,14-15,22,28,37H,1,5,8-9,13,16-21,23-24H2,2H3,(H,33,36)/t28-,31-,32-/m0/s1. The summed E-state index contributed by atoms with van der Waals surface area (Å²) in [6.07, 6.45) is 9.19. The van der Waals surface area contributed by atoms with Gasteiger partial charge in [-0.3, -0.25) is 14.5 Å². The zero-order valence-electron chi connectivity index (χ0n) is 22.7. The van der Waals surface area contributed by atoms with Gasteiger partial charge in [0.25, 0.3) is 0 Å². The van der Waals surface area contributed by atoms with Gasteiger partial charge in [-0.2, -0.15) is 0 Å². The van der Waals surface area contributed by atoms with Crippen LogP contribution in [0.25, 0.3) is 0 Å². The van der Waals surface area contributed by atoms with E-state index in [0.29, 0.717) is 31.6 Å². The van der Waals surface area contributed by atoms with Crippen molar-refractivity contribution in [2.75, 3.05) is 19.6 Å². The molecule has 0 bridgehead atoms. The van der Waals surface area contributed by atoms with Gasteiger partial charge in [0, 0.05) is 37.9 Å². The van der Waals surface area contributed by atoms with Crippen molar-refractivity contribution in [2.24, 2.45) is 0 Å². The Kier molecular flexibility index (Phi) is 9.40. The minimum atomic E-state index is -0.943. The lowest BCUT2D eigenvalue weighted by Gasteiger charge is -2.58. The molecule has 0 aromatic heterocycles. The summed E-state index contributed by atoms with van der Waals surface area (Å²) in [7, 11) is 0. The van der Waals surface area contributed by atoms with Gasteiger partial charge >= 0.3 is 5.97 Å². The van der Waals surface area contributed by atoms with Gasteiger partial charge < -0.3 is 15.2 Å². The number of nitrogens with one attached hydrogen (secondary N) is 1. The number of unbranched alkanes of at least 4 members (excludes halogenated alkanes) is 2. The van der Waals surface area contributed by atoms with Crippen molar-refractivity contribution in [1.29, 1.82) is 0 Å². The molecule has 4 rings (SSSR count). The molecule has 38 heavy (non-hydrogen) atoms. The lowest BCUT2D eigenvalue weighted by atomic mass is 9.55. The number of esters is 1. The van der Waals surface area contributed by atoms with E-state index in [1.54, 1.807) is 6.07 Å². The SMILES string of the molecule is C=CCN1CC[C@@]2(c3cccc(OC(C)=O)c3)C[C@@H](NC(=O)CCCCCc3ccccc3)CC[C@]2(O)C1. The Morgan fingerprint density at radius 3 is 2.71 bits per heavy atom. The van der Waals surface area contributed by atoms with Gasteiger partial charge in [0.05, 0.1) is 5.60 Å². The maximum absolute atomic E-state index is 12.9. The number of ether oxygens (including phenoxy) is 1. The second kappa shape index (κ2) is 12.7. The second-order valence-electron chi connectivity index (χ2n) is 11.1. The summed E-state index contributed by atoms with van der Waals surface area (Å²) in [5.41, 5.74) is 0.833. The van der Waals surface area contributed by atoms with Crippen LogP contribution in [0.3, 0.4) is 0 Å². The minimum absolute atomic E-state index is 0.00423. The molecule has 1 saturated heterocycles. The first kappa shape index (κ1) is 28.1. The summed E-state index contributed by atoms with van der Waals surface area (Å²) in [5.74, 6) is 0.211. The summed E-state index contributed by atoms with van der Waals surface area (Å²) >= 11 is 0. The molecule has 1 saturated carbocycles. The Balaban J connectivity index is 1.41. The van der Waals surface area contributed by atoms with Gasteiger partial charge in [0.2, 0.25) is 5.91 Å². The van der Waals surface area contributed by atoms with E-state index in [1.807, 2.05) is 30.3 Å². The van der Waals surface area contributed by atoms with Crippen molar-refractivity contribution in [3.05, 3.63) is 78.4 Å². The van der Waals surface area contributed by atoms with Gasteiger partial charge in [-0.1, -0.05) is 55.0 Å². The molecule has 0 unspecified atom stereocenters. The van der Waals surface area contributed by atoms with E-state index in [2.05, 4.69) is 41.1 Å². The third-order valence-electron chi connectivity index (χ3n) is 8.34. The highest BCUT2D eigenvalue weighted by Gasteiger charge is 2.57. The highest BCUT2D eigenvalue weighted by molar-refractivity contribution is 5.76. The third-order valence-corrected chi connectivity index (χ3v) is 8.34. The summed E-state index contributed by atoms with van der Waals surface area (Å²) < 4.78 is 5.38. The Morgan fingerprint density at radius 2 is 1.95 bits per heavy atom. The number of carbonyl (C=O) groups is 2. The lowest BCUT2D eigenvalue weighted by molar-refractivity contribution is -0.133. The van der Waals surface area contributed by atoms with Gasteiger partial charge in [0.15, 0.2) is 0 Å². The van der Waals surface area contributed by atoms with Gasteiger partial charge in [-0.25, -0.2) is 0 Å². The lowest BCUT2D eigenvalue weighted by Crippen LogP contribution is -2.67. The van der Waals surface area contributed by atoms with E-state index in [0.717, 1.165) is 57.2 Å². The fourth-order valence-electron chi connectivity index (χ4n) is 6.48. The van der Waals surface area contributed by atoms with E-state index in [1.165, 1.54) is 12.5 Å². The monoisotopic (exact) mass is 518 g/mol. The Hall–Kier alpha value is -2.96. The number of likely N-dealkylation sites (tertiary alicyclic amines) is 1. The highest BCUT2D eigenvalue weighted by Crippen LogP contribution is 2.52.